The first-order valence-corrected chi connectivity index (χ1v) is 4.21. The SMILES string of the molecule is CC1OC(=O)C2CCCN2C1=O. The van der Waals surface area contributed by atoms with Gasteiger partial charge in [-0.3, -0.25) is 4.79 Å². The maximum Gasteiger partial charge on any atom is 0.329 e. The molecule has 1 amide bonds. The van der Waals surface area contributed by atoms with Gasteiger partial charge in [-0.05, 0) is 19.8 Å². The average Bonchev–Trinajstić information content (AvgIpc) is 2.48. The lowest BCUT2D eigenvalue weighted by Crippen LogP contribution is -2.52. The quantitative estimate of drug-likeness (QED) is 0.476. The topological polar surface area (TPSA) is 46.6 Å². The van der Waals surface area contributed by atoms with E-state index in [0.29, 0.717) is 6.54 Å². The molecule has 12 heavy (non-hydrogen) atoms. The number of cyclic esters (lactones) is 1. The Balaban J connectivity index is 2.23. The van der Waals surface area contributed by atoms with Gasteiger partial charge in [-0.25, -0.2) is 4.79 Å². The lowest BCUT2D eigenvalue weighted by molar-refractivity contribution is -0.174. The predicted molar refractivity (Wildman–Crippen MR) is 40.3 cm³/mol. The van der Waals surface area contributed by atoms with Crippen molar-refractivity contribution in [2.75, 3.05) is 6.54 Å². The van der Waals surface area contributed by atoms with Crippen LogP contribution in [0.4, 0.5) is 0 Å². The fraction of sp³-hybridized carbons (Fsp3) is 0.750. The molecule has 2 aliphatic rings. The summed E-state index contributed by atoms with van der Waals surface area (Å²) in [5, 5.41) is 0. The Kier molecular flexibility index (Phi) is 1.56. The zero-order chi connectivity index (χ0) is 8.72. The van der Waals surface area contributed by atoms with Gasteiger partial charge >= 0.3 is 5.97 Å². The van der Waals surface area contributed by atoms with E-state index in [-0.39, 0.29) is 17.9 Å². The standard InChI is InChI=1S/C8H11NO3/c1-5-7(10)9-4-2-3-6(9)8(11)12-5/h5-6H,2-4H2,1H3. The van der Waals surface area contributed by atoms with Crippen LogP contribution in [0.2, 0.25) is 0 Å². The minimum Gasteiger partial charge on any atom is -0.451 e. The molecule has 4 heteroatoms. The van der Waals surface area contributed by atoms with Crippen LogP contribution in [0.15, 0.2) is 0 Å². The van der Waals surface area contributed by atoms with Gasteiger partial charge in [0.1, 0.15) is 6.04 Å². The maximum atomic E-state index is 11.4. The Bertz CT molecular complexity index is 238. The molecule has 0 radical (unpaired) electrons. The van der Waals surface area contributed by atoms with E-state index in [1.165, 1.54) is 0 Å². The van der Waals surface area contributed by atoms with Crippen LogP contribution >= 0.6 is 0 Å². The van der Waals surface area contributed by atoms with E-state index in [1.807, 2.05) is 0 Å². The van der Waals surface area contributed by atoms with Gasteiger partial charge in [0.2, 0.25) is 0 Å². The van der Waals surface area contributed by atoms with Crippen molar-refractivity contribution >= 4 is 11.9 Å². The van der Waals surface area contributed by atoms with Crippen LogP contribution in [0.1, 0.15) is 19.8 Å². The Hall–Kier alpha value is -1.06. The van der Waals surface area contributed by atoms with Gasteiger partial charge < -0.3 is 9.64 Å². The Morgan fingerprint density at radius 2 is 2.25 bits per heavy atom. The number of nitrogens with zero attached hydrogens (tertiary/aromatic N) is 1. The van der Waals surface area contributed by atoms with Crippen molar-refractivity contribution in [3.05, 3.63) is 0 Å². The molecule has 2 heterocycles. The highest BCUT2D eigenvalue weighted by atomic mass is 16.6. The van der Waals surface area contributed by atoms with Gasteiger partial charge in [-0.2, -0.15) is 0 Å². The first-order chi connectivity index (χ1) is 5.70. The first-order valence-electron chi connectivity index (χ1n) is 4.21. The number of hydrogen-bond donors (Lipinski definition) is 0. The highest BCUT2D eigenvalue weighted by molar-refractivity contribution is 5.92. The van der Waals surface area contributed by atoms with E-state index in [9.17, 15) is 9.59 Å². The summed E-state index contributed by atoms with van der Waals surface area (Å²) in [4.78, 5) is 24.3. The van der Waals surface area contributed by atoms with Crippen LogP contribution in [0.5, 0.6) is 0 Å². The maximum absolute atomic E-state index is 11.4. The van der Waals surface area contributed by atoms with Crippen LogP contribution in [0.25, 0.3) is 0 Å². The summed E-state index contributed by atoms with van der Waals surface area (Å²) in [5.74, 6) is -0.281. The Morgan fingerprint density at radius 3 is 3.00 bits per heavy atom. The monoisotopic (exact) mass is 169 g/mol. The lowest BCUT2D eigenvalue weighted by Gasteiger charge is -2.31. The number of rotatable bonds is 0. The normalized spacial score (nSPS) is 34.9. The first kappa shape index (κ1) is 7.58. The number of amides is 1. The Labute approximate surface area is 70.5 Å². The van der Waals surface area contributed by atoms with Crippen molar-refractivity contribution in [3.63, 3.8) is 0 Å². The third-order valence-corrected chi connectivity index (χ3v) is 2.45. The number of morpholine rings is 1. The second kappa shape index (κ2) is 2.47. The number of hydrogen-bond acceptors (Lipinski definition) is 3. The number of ether oxygens (including phenoxy) is 1. The molecule has 0 saturated carbocycles. The largest absolute Gasteiger partial charge is 0.451 e. The fourth-order valence-corrected chi connectivity index (χ4v) is 1.81. The van der Waals surface area contributed by atoms with Gasteiger partial charge in [0.05, 0.1) is 0 Å². The van der Waals surface area contributed by atoms with E-state index in [2.05, 4.69) is 0 Å². The minimum atomic E-state index is -0.577. The van der Waals surface area contributed by atoms with Gasteiger partial charge in [0.15, 0.2) is 6.10 Å². The summed E-state index contributed by atoms with van der Waals surface area (Å²) >= 11 is 0. The molecule has 2 aliphatic heterocycles. The highest BCUT2D eigenvalue weighted by Crippen LogP contribution is 2.24. The smallest absolute Gasteiger partial charge is 0.329 e. The molecule has 2 unspecified atom stereocenters. The third kappa shape index (κ3) is 0.906. The van der Waals surface area contributed by atoms with Crippen LogP contribution in [-0.4, -0.2) is 35.5 Å². The molecule has 2 fully saturated rings. The third-order valence-electron chi connectivity index (χ3n) is 2.45. The molecule has 0 bridgehead atoms. The van der Waals surface area contributed by atoms with Crippen LogP contribution in [0.3, 0.4) is 0 Å². The van der Waals surface area contributed by atoms with E-state index < -0.39 is 6.10 Å². The van der Waals surface area contributed by atoms with Crippen molar-refractivity contribution < 1.29 is 14.3 Å². The van der Waals surface area contributed by atoms with Crippen molar-refractivity contribution in [2.24, 2.45) is 0 Å². The summed E-state index contributed by atoms with van der Waals surface area (Å²) in [6.45, 7) is 2.33. The molecule has 0 aliphatic carbocycles. The second-order valence-corrected chi connectivity index (χ2v) is 3.27. The lowest BCUT2D eigenvalue weighted by atomic mass is 10.2. The molecule has 66 valence electrons. The predicted octanol–water partition coefficient (Wildman–Crippen LogP) is -0.0773. The summed E-state index contributed by atoms with van der Waals surface area (Å²) in [6.07, 6.45) is 1.10. The summed E-state index contributed by atoms with van der Waals surface area (Å²) in [5.41, 5.74) is 0. The van der Waals surface area contributed by atoms with E-state index in [0.717, 1.165) is 12.8 Å². The van der Waals surface area contributed by atoms with Crippen molar-refractivity contribution in [2.45, 2.75) is 31.9 Å². The summed E-state index contributed by atoms with van der Waals surface area (Å²) < 4.78 is 4.88. The van der Waals surface area contributed by atoms with Crippen molar-refractivity contribution in [1.82, 2.24) is 4.90 Å². The molecule has 2 atom stereocenters. The Morgan fingerprint density at radius 1 is 1.50 bits per heavy atom. The minimum absolute atomic E-state index is 0.0444. The van der Waals surface area contributed by atoms with Crippen molar-refractivity contribution in [3.8, 4) is 0 Å². The van der Waals surface area contributed by atoms with Crippen LogP contribution in [-0.2, 0) is 14.3 Å². The van der Waals surface area contributed by atoms with Crippen LogP contribution < -0.4 is 0 Å². The zero-order valence-electron chi connectivity index (χ0n) is 6.95. The van der Waals surface area contributed by atoms with Gasteiger partial charge in [-0.1, -0.05) is 0 Å². The zero-order valence-corrected chi connectivity index (χ0v) is 6.95. The molecule has 0 aromatic rings. The fourth-order valence-electron chi connectivity index (χ4n) is 1.81. The number of esters is 1. The summed E-state index contributed by atoms with van der Waals surface area (Å²) in [6, 6.07) is -0.284. The molecule has 4 nitrogen and oxygen atoms in total. The molecule has 0 spiro atoms. The molecule has 0 aromatic heterocycles. The molecular formula is C8H11NO3. The number of fused-ring (bicyclic) bond motifs is 1. The number of carbonyl (C=O) groups excluding carboxylic acids is 2. The van der Waals surface area contributed by atoms with E-state index in [1.54, 1.807) is 11.8 Å². The van der Waals surface area contributed by atoms with Gasteiger partial charge in [-0.15, -0.1) is 0 Å². The van der Waals surface area contributed by atoms with Gasteiger partial charge in [0.25, 0.3) is 5.91 Å². The van der Waals surface area contributed by atoms with E-state index >= 15 is 0 Å². The van der Waals surface area contributed by atoms with Gasteiger partial charge in [0, 0.05) is 6.54 Å². The molecule has 0 aromatic carbocycles. The van der Waals surface area contributed by atoms with E-state index in [4.69, 9.17) is 4.74 Å². The second-order valence-electron chi connectivity index (χ2n) is 3.27. The molecule has 2 rings (SSSR count). The highest BCUT2D eigenvalue weighted by Gasteiger charge is 2.42. The molecule has 0 N–H and O–H groups in total. The van der Waals surface area contributed by atoms with Crippen LogP contribution in [0, 0.1) is 0 Å². The summed E-state index contributed by atoms with van der Waals surface area (Å²) in [7, 11) is 0. The number of carbonyl (C=O) groups is 2. The average molecular weight is 169 g/mol. The van der Waals surface area contributed by atoms with Crippen molar-refractivity contribution in [1.29, 1.82) is 0 Å². The molecule has 2 saturated heterocycles. The molecular weight excluding hydrogens is 158 g/mol.